The highest BCUT2D eigenvalue weighted by molar-refractivity contribution is 7.00. The molecule has 0 radical (unpaired) electrons. The molecule has 0 aliphatic carbocycles. The highest BCUT2D eigenvalue weighted by Crippen LogP contribution is 2.31. The molecule has 0 amide bonds. The van der Waals surface area contributed by atoms with E-state index in [1.54, 1.807) is 7.11 Å². The summed E-state index contributed by atoms with van der Waals surface area (Å²) in [6, 6.07) is 37.8. The summed E-state index contributed by atoms with van der Waals surface area (Å²) >= 11 is 0. The fourth-order valence-corrected chi connectivity index (χ4v) is 4.57. The van der Waals surface area contributed by atoms with Gasteiger partial charge in [-0.1, -0.05) is 136 Å². The molecule has 0 saturated carbocycles. The summed E-state index contributed by atoms with van der Waals surface area (Å²) in [5.41, 5.74) is 11.6. The molecule has 170 valence electrons. The molecule has 4 aromatic carbocycles. The maximum Gasteiger partial charge on any atom is 0.242 e. The molecule has 0 unspecified atom stereocenters. The van der Waals surface area contributed by atoms with Gasteiger partial charge in [0.2, 0.25) is 6.71 Å². The van der Waals surface area contributed by atoms with E-state index in [2.05, 4.69) is 124 Å². The van der Waals surface area contributed by atoms with Crippen LogP contribution in [0.2, 0.25) is 0 Å². The van der Waals surface area contributed by atoms with Crippen LogP contribution in [0.3, 0.4) is 0 Å². The highest BCUT2D eigenvalue weighted by Gasteiger charge is 2.28. The van der Waals surface area contributed by atoms with Gasteiger partial charge in [0, 0.05) is 7.11 Å². The Hall–Kier alpha value is -3.36. The maximum absolute atomic E-state index is 5.59. The van der Waals surface area contributed by atoms with Crippen LogP contribution in [-0.2, 0) is 4.74 Å². The number of rotatable bonds is 8. The second-order valence-corrected chi connectivity index (χ2v) is 9.12. The normalized spacial score (nSPS) is 11.8. The van der Waals surface area contributed by atoms with E-state index in [0.717, 1.165) is 6.42 Å². The van der Waals surface area contributed by atoms with Crippen molar-refractivity contribution < 1.29 is 4.74 Å². The van der Waals surface area contributed by atoms with Crippen LogP contribution in [0.5, 0.6) is 0 Å². The molecule has 0 fully saturated rings. The third-order valence-electron chi connectivity index (χ3n) is 6.48. The molecule has 0 N–H and O–H groups in total. The Balaban J connectivity index is 2.05. The first-order valence-electron chi connectivity index (χ1n) is 12.0. The maximum atomic E-state index is 5.59. The number of hydrogen-bond donors (Lipinski definition) is 0. The van der Waals surface area contributed by atoms with Crippen molar-refractivity contribution in [2.45, 2.75) is 27.2 Å². The molecule has 4 aromatic rings. The first-order valence-corrected chi connectivity index (χ1v) is 12.0. The summed E-state index contributed by atoms with van der Waals surface area (Å²) in [5.74, 6) is 0. The largest absolute Gasteiger partial charge is 0.384 e. The topological polar surface area (TPSA) is 9.23 Å². The Labute approximate surface area is 205 Å². The minimum atomic E-state index is 0.107. The second-order valence-electron chi connectivity index (χ2n) is 9.12. The molecular formula is C32H33BO. The van der Waals surface area contributed by atoms with E-state index in [1.807, 2.05) is 0 Å². The van der Waals surface area contributed by atoms with Gasteiger partial charge in [0.15, 0.2) is 0 Å². The van der Waals surface area contributed by atoms with E-state index >= 15 is 0 Å². The minimum Gasteiger partial charge on any atom is -0.384 e. The average Bonchev–Trinajstić information content (AvgIpc) is 2.86. The van der Waals surface area contributed by atoms with Crippen LogP contribution in [-0.4, -0.2) is 20.4 Å². The lowest BCUT2D eigenvalue weighted by molar-refractivity contribution is 0.206. The highest BCUT2D eigenvalue weighted by atomic mass is 16.5. The quantitative estimate of drug-likeness (QED) is 0.226. The van der Waals surface area contributed by atoms with E-state index in [9.17, 15) is 0 Å². The van der Waals surface area contributed by atoms with Crippen LogP contribution in [0.25, 0.3) is 11.0 Å². The van der Waals surface area contributed by atoms with Crippen molar-refractivity contribution >= 4 is 28.7 Å². The Morgan fingerprint density at radius 2 is 1.06 bits per heavy atom. The molecule has 0 atom stereocenters. The van der Waals surface area contributed by atoms with E-state index in [1.165, 1.54) is 49.8 Å². The zero-order chi connectivity index (χ0) is 23.9. The SMILES string of the molecule is COCC/C(=C(\B(c1ccc(C)cc1)c1ccc(C)cc1)c1ccc(C)cc1)c1ccccc1. The van der Waals surface area contributed by atoms with Crippen molar-refractivity contribution in [3.63, 3.8) is 0 Å². The van der Waals surface area contributed by atoms with Gasteiger partial charge in [0.1, 0.15) is 0 Å². The first-order chi connectivity index (χ1) is 16.6. The van der Waals surface area contributed by atoms with Gasteiger partial charge in [-0.15, -0.1) is 0 Å². The van der Waals surface area contributed by atoms with Crippen LogP contribution in [0.15, 0.2) is 103 Å². The van der Waals surface area contributed by atoms with Crippen molar-refractivity contribution in [2.75, 3.05) is 13.7 Å². The summed E-state index contributed by atoms with van der Waals surface area (Å²) in [6.07, 6.45) is 0.845. The standard InChI is InChI=1S/C32H33BO/c1-24-10-16-28(17-11-24)32(31(22-23-34-4)27-8-6-5-7-9-27)33(29-18-12-25(2)13-19-29)30-20-14-26(3)15-21-30/h5-21H,22-23H2,1-4H3/b32-31+. The smallest absolute Gasteiger partial charge is 0.242 e. The van der Waals surface area contributed by atoms with Gasteiger partial charge in [0.25, 0.3) is 0 Å². The molecule has 0 bridgehead atoms. The van der Waals surface area contributed by atoms with Crippen LogP contribution >= 0.6 is 0 Å². The van der Waals surface area contributed by atoms with Gasteiger partial charge in [-0.05, 0) is 43.9 Å². The number of ether oxygens (including phenoxy) is 1. The fourth-order valence-electron chi connectivity index (χ4n) is 4.57. The van der Waals surface area contributed by atoms with Crippen LogP contribution in [0, 0.1) is 20.8 Å². The van der Waals surface area contributed by atoms with Gasteiger partial charge >= 0.3 is 0 Å². The molecule has 0 spiro atoms. The lowest BCUT2D eigenvalue weighted by atomic mass is 9.34. The van der Waals surface area contributed by atoms with E-state index in [0.29, 0.717) is 6.61 Å². The average molecular weight is 444 g/mol. The zero-order valence-corrected chi connectivity index (χ0v) is 20.7. The Kier molecular flexibility index (Phi) is 7.82. The minimum absolute atomic E-state index is 0.107. The molecule has 2 heteroatoms. The molecule has 0 heterocycles. The van der Waals surface area contributed by atoms with Gasteiger partial charge in [-0.3, -0.25) is 0 Å². The number of aryl methyl sites for hydroxylation is 3. The Morgan fingerprint density at radius 1 is 0.588 bits per heavy atom. The number of methoxy groups -OCH3 is 1. The molecule has 0 aliphatic heterocycles. The van der Waals surface area contributed by atoms with Gasteiger partial charge in [-0.25, -0.2) is 0 Å². The molecule has 0 aliphatic rings. The predicted octanol–water partition coefficient (Wildman–Crippen LogP) is 6.41. The monoisotopic (exact) mass is 444 g/mol. The van der Waals surface area contributed by atoms with Crippen molar-refractivity contribution in [2.24, 2.45) is 0 Å². The molecule has 34 heavy (non-hydrogen) atoms. The van der Waals surface area contributed by atoms with Crippen molar-refractivity contribution in [3.8, 4) is 0 Å². The lowest BCUT2D eigenvalue weighted by Gasteiger charge is -2.25. The Morgan fingerprint density at radius 3 is 1.53 bits per heavy atom. The summed E-state index contributed by atoms with van der Waals surface area (Å²) in [6.45, 7) is 7.22. The van der Waals surface area contributed by atoms with Gasteiger partial charge in [0.05, 0.1) is 6.61 Å². The number of benzene rings is 4. The fraction of sp³-hybridized carbons (Fsp3) is 0.188. The summed E-state index contributed by atoms with van der Waals surface area (Å²) in [5, 5.41) is 0. The molecule has 0 aromatic heterocycles. The molecule has 1 nitrogen and oxygen atoms in total. The summed E-state index contributed by atoms with van der Waals surface area (Å²) in [7, 11) is 1.78. The van der Waals surface area contributed by atoms with E-state index in [4.69, 9.17) is 4.74 Å². The zero-order valence-electron chi connectivity index (χ0n) is 20.7. The number of hydrogen-bond acceptors (Lipinski definition) is 1. The van der Waals surface area contributed by atoms with Gasteiger partial charge in [-0.2, -0.15) is 0 Å². The van der Waals surface area contributed by atoms with Crippen molar-refractivity contribution in [1.29, 1.82) is 0 Å². The van der Waals surface area contributed by atoms with Crippen LogP contribution in [0.4, 0.5) is 0 Å². The third-order valence-corrected chi connectivity index (χ3v) is 6.48. The van der Waals surface area contributed by atoms with Crippen LogP contribution in [0.1, 0.15) is 34.2 Å². The molecular weight excluding hydrogens is 411 g/mol. The van der Waals surface area contributed by atoms with E-state index < -0.39 is 0 Å². The third kappa shape index (κ3) is 5.58. The molecule has 4 rings (SSSR count). The van der Waals surface area contributed by atoms with Gasteiger partial charge < -0.3 is 4.74 Å². The second kappa shape index (κ2) is 11.2. The summed E-state index contributed by atoms with van der Waals surface area (Å²) < 4.78 is 5.59. The molecule has 0 saturated heterocycles. The first kappa shape index (κ1) is 23.8. The predicted molar refractivity (Wildman–Crippen MR) is 148 cm³/mol. The van der Waals surface area contributed by atoms with Crippen LogP contribution < -0.4 is 10.9 Å². The van der Waals surface area contributed by atoms with E-state index in [-0.39, 0.29) is 6.71 Å². The van der Waals surface area contributed by atoms with Crippen molar-refractivity contribution in [3.05, 3.63) is 131 Å². The summed E-state index contributed by atoms with van der Waals surface area (Å²) in [4.78, 5) is 0. The van der Waals surface area contributed by atoms with Crippen molar-refractivity contribution in [1.82, 2.24) is 0 Å². The Bertz CT molecular complexity index is 1180. The lowest BCUT2D eigenvalue weighted by Crippen LogP contribution is -2.44.